The maximum absolute atomic E-state index is 12.1. The van der Waals surface area contributed by atoms with Crippen LogP contribution in [0.5, 0.6) is 5.88 Å². The van der Waals surface area contributed by atoms with E-state index in [1.54, 1.807) is 0 Å². The second kappa shape index (κ2) is 10.9. The topological polar surface area (TPSA) is 61.3 Å². The number of nitrogens with zero attached hydrogens (tertiary/aromatic N) is 3. The van der Waals surface area contributed by atoms with Crippen molar-refractivity contribution < 1.29 is 18.8 Å². The van der Waals surface area contributed by atoms with E-state index in [1.165, 1.54) is 31.0 Å². The van der Waals surface area contributed by atoms with Gasteiger partial charge < -0.3 is 9.47 Å². The molecule has 1 aromatic heterocycles. The van der Waals surface area contributed by atoms with Gasteiger partial charge in [-0.2, -0.15) is 4.37 Å². The van der Waals surface area contributed by atoms with Crippen molar-refractivity contribution in [2.45, 2.75) is 72.4 Å². The number of hydrogen-bond acceptors (Lipinski definition) is 6. The summed E-state index contributed by atoms with van der Waals surface area (Å²) >= 11 is 1.20. The maximum atomic E-state index is 12.1. The Bertz CT molecular complexity index is 659. The first-order chi connectivity index (χ1) is 13.4. The predicted octanol–water partition coefficient (Wildman–Crippen LogP) is 4.67. The normalized spacial score (nSPS) is 20.7. The third-order valence-electron chi connectivity index (χ3n) is 5.32. The lowest BCUT2D eigenvalue weighted by Gasteiger charge is -2.41. The average Bonchev–Trinajstić information content (AvgIpc) is 3.09. The lowest BCUT2D eigenvalue weighted by molar-refractivity contribution is -0.944. The molecule has 6 nitrogen and oxygen atoms in total. The van der Waals surface area contributed by atoms with Crippen LogP contribution in [0.15, 0.2) is 6.08 Å². The van der Waals surface area contributed by atoms with Crippen LogP contribution in [0.2, 0.25) is 0 Å². The molecule has 0 N–H and O–H groups in total. The number of ether oxygens (including phenoxy) is 2. The van der Waals surface area contributed by atoms with Gasteiger partial charge in [0.2, 0.25) is 6.23 Å². The number of carbonyl (C=O) groups is 1. The van der Waals surface area contributed by atoms with Gasteiger partial charge in [0.05, 0.1) is 31.9 Å². The van der Waals surface area contributed by atoms with E-state index in [0.717, 1.165) is 37.2 Å². The lowest BCUT2D eigenvalue weighted by atomic mass is 10.0. The molecular formula is C21H36N3O3S+. The summed E-state index contributed by atoms with van der Waals surface area (Å²) < 4.78 is 21.2. The van der Waals surface area contributed by atoms with Crippen LogP contribution < -0.4 is 4.74 Å². The number of quaternary nitrogens is 1. The summed E-state index contributed by atoms with van der Waals surface area (Å²) in [5.41, 5.74) is 1.99. The Kier molecular flexibility index (Phi) is 8.89. The zero-order valence-electron chi connectivity index (χ0n) is 18.1. The molecule has 28 heavy (non-hydrogen) atoms. The molecule has 1 unspecified atom stereocenters. The molecule has 0 spiro atoms. The lowest BCUT2D eigenvalue weighted by Crippen LogP contribution is -2.55. The van der Waals surface area contributed by atoms with Crippen LogP contribution in [0.25, 0.3) is 5.57 Å². The fraction of sp³-hybridized carbons (Fsp3) is 0.762. The van der Waals surface area contributed by atoms with Gasteiger partial charge in [0, 0.05) is 25.3 Å². The molecule has 158 valence electrons. The van der Waals surface area contributed by atoms with E-state index in [1.807, 2.05) is 20.8 Å². The zero-order valence-corrected chi connectivity index (χ0v) is 18.9. The summed E-state index contributed by atoms with van der Waals surface area (Å²) in [6.07, 6.45) is 8.08. The van der Waals surface area contributed by atoms with E-state index in [4.69, 9.17) is 9.47 Å². The molecule has 1 aliphatic heterocycles. The summed E-state index contributed by atoms with van der Waals surface area (Å²) in [5.74, 6) is 0.829. The molecule has 2 atom stereocenters. The minimum Gasteiger partial charge on any atom is -0.475 e. The van der Waals surface area contributed by atoms with Gasteiger partial charge >= 0.3 is 5.97 Å². The number of rotatable bonds is 11. The van der Waals surface area contributed by atoms with E-state index in [-0.39, 0.29) is 12.2 Å². The van der Waals surface area contributed by atoms with Crippen molar-refractivity contribution in [3.05, 3.63) is 11.8 Å². The molecule has 7 heteroatoms. The Morgan fingerprint density at radius 3 is 2.75 bits per heavy atom. The van der Waals surface area contributed by atoms with Gasteiger partial charge in [0.25, 0.3) is 5.88 Å². The maximum Gasteiger partial charge on any atom is 0.310 e. The average molecular weight is 411 g/mol. The van der Waals surface area contributed by atoms with Crippen molar-refractivity contribution in [3.8, 4) is 5.88 Å². The number of carbonyl (C=O) groups excluding carboxylic acids is 1. The van der Waals surface area contributed by atoms with Crippen LogP contribution in [0.4, 0.5) is 0 Å². The van der Waals surface area contributed by atoms with Crippen LogP contribution in [-0.4, -0.2) is 52.2 Å². The van der Waals surface area contributed by atoms with Crippen LogP contribution >= 0.6 is 11.7 Å². The number of esters is 1. The first-order valence-electron chi connectivity index (χ1n) is 10.5. The zero-order chi connectivity index (χ0) is 20.6. The second-order valence-electron chi connectivity index (χ2n) is 8.39. The van der Waals surface area contributed by atoms with Gasteiger partial charge in [-0.3, -0.25) is 9.28 Å². The molecule has 1 aromatic rings. The molecular weight excluding hydrogens is 374 g/mol. The Labute approximate surface area is 173 Å². The number of hydrogen-bond donors (Lipinski definition) is 0. The molecule has 0 amide bonds. The van der Waals surface area contributed by atoms with Crippen molar-refractivity contribution in [2.75, 3.05) is 26.7 Å². The summed E-state index contributed by atoms with van der Waals surface area (Å²) in [4.78, 5) is 12.1. The number of likely N-dealkylation sites (N-methyl/N-ethyl adjacent to an activating group) is 1. The molecule has 0 fully saturated rings. The minimum atomic E-state index is -0.194. The smallest absolute Gasteiger partial charge is 0.310 e. The van der Waals surface area contributed by atoms with Gasteiger partial charge in [-0.15, -0.1) is 4.37 Å². The van der Waals surface area contributed by atoms with E-state index in [9.17, 15) is 4.79 Å². The first-order valence-corrected chi connectivity index (χ1v) is 11.3. The molecule has 2 heterocycles. The predicted molar refractivity (Wildman–Crippen MR) is 113 cm³/mol. The van der Waals surface area contributed by atoms with E-state index < -0.39 is 0 Å². The fourth-order valence-corrected chi connectivity index (χ4v) is 3.95. The molecule has 1 aliphatic rings. The number of aromatic nitrogens is 2. The fourth-order valence-electron chi connectivity index (χ4n) is 3.42. The highest BCUT2D eigenvalue weighted by Crippen LogP contribution is 2.31. The van der Waals surface area contributed by atoms with E-state index in [2.05, 4.69) is 28.8 Å². The second-order valence-corrected chi connectivity index (χ2v) is 8.92. The molecule has 0 saturated heterocycles. The summed E-state index contributed by atoms with van der Waals surface area (Å²) in [6.45, 7) is 10.6. The van der Waals surface area contributed by atoms with Gasteiger partial charge in [0.15, 0.2) is 0 Å². The van der Waals surface area contributed by atoms with Gasteiger partial charge in [0.1, 0.15) is 12.2 Å². The Morgan fingerprint density at radius 1 is 1.25 bits per heavy atom. The van der Waals surface area contributed by atoms with Crippen molar-refractivity contribution in [3.63, 3.8) is 0 Å². The van der Waals surface area contributed by atoms with E-state index >= 15 is 0 Å². The molecule has 0 radical (unpaired) electrons. The van der Waals surface area contributed by atoms with Crippen LogP contribution in [0.3, 0.4) is 0 Å². The SMILES string of the molecule is CCCCCCOc1nsnc1C1=CCC[N+](C)([C@H](C)OC(=O)CC(C)C)C1. The number of unbranched alkanes of at least 4 members (excludes halogenated alkanes) is 3. The standard InChI is InChI=1S/C21H36N3O3S/c1-6-7-8-9-13-26-21-20(22-28-23-21)18-11-10-12-24(5,15-18)17(4)27-19(25)14-16(2)3/h11,16-17H,6-10,12-15H2,1-5H3/q+1/t17-,24?/m0/s1. The molecule has 0 aromatic carbocycles. The van der Waals surface area contributed by atoms with Crippen molar-refractivity contribution in [1.29, 1.82) is 0 Å². The highest BCUT2D eigenvalue weighted by Gasteiger charge is 2.36. The molecule has 2 rings (SSSR count). The highest BCUT2D eigenvalue weighted by molar-refractivity contribution is 6.99. The Morgan fingerprint density at radius 2 is 2.04 bits per heavy atom. The minimum absolute atomic E-state index is 0.121. The first kappa shape index (κ1) is 22.8. The van der Waals surface area contributed by atoms with E-state index in [0.29, 0.717) is 29.3 Å². The Hall–Kier alpha value is -1.47. The van der Waals surface area contributed by atoms with Crippen molar-refractivity contribution in [2.24, 2.45) is 5.92 Å². The third kappa shape index (κ3) is 6.55. The molecule has 0 saturated carbocycles. The summed E-state index contributed by atoms with van der Waals surface area (Å²) in [6, 6.07) is 0. The van der Waals surface area contributed by atoms with Crippen LogP contribution in [-0.2, 0) is 9.53 Å². The largest absolute Gasteiger partial charge is 0.475 e. The van der Waals surface area contributed by atoms with Gasteiger partial charge in [-0.25, -0.2) is 0 Å². The summed E-state index contributed by atoms with van der Waals surface area (Å²) in [5, 5.41) is 0. The highest BCUT2D eigenvalue weighted by atomic mass is 32.1. The van der Waals surface area contributed by atoms with Crippen LogP contribution in [0, 0.1) is 5.92 Å². The molecule has 0 aliphatic carbocycles. The van der Waals surface area contributed by atoms with Gasteiger partial charge in [-0.1, -0.05) is 46.1 Å². The van der Waals surface area contributed by atoms with Gasteiger partial charge in [-0.05, 0) is 12.3 Å². The van der Waals surface area contributed by atoms with Crippen molar-refractivity contribution in [1.82, 2.24) is 8.75 Å². The summed E-state index contributed by atoms with van der Waals surface area (Å²) in [7, 11) is 2.14. The Balaban J connectivity index is 1.98. The third-order valence-corrected chi connectivity index (χ3v) is 5.83. The molecule has 0 bridgehead atoms. The monoisotopic (exact) mass is 410 g/mol. The van der Waals surface area contributed by atoms with Crippen molar-refractivity contribution >= 4 is 23.3 Å². The quantitative estimate of drug-likeness (QED) is 0.301. The van der Waals surface area contributed by atoms with Crippen LogP contribution in [0.1, 0.15) is 71.9 Å².